The van der Waals surface area contributed by atoms with Crippen LogP contribution in [0.3, 0.4) is 0 Å². The Hall–Kier alpha value is 0. The van der Waals surface area contributed by atoms with Gasteiger partial charge < -0.3 is 0 Å². The monoisotopic (exact) mass is 527 g/mol. The third-order valence-electron chi connectivity index (χ3n) is 15.1. The van der Waals surface area contributed by atoms with Gasteiger partial charge in [-0.05, 0) is 137 Å². The van der Waals surface area contributed by atoms with Gasteiger partial charge in [0, 0.05) is 0 Å². The van der Waals surface area contributed by atoms with E-state index in [4.69, 9.17) is 0 Å². The maximum absolute atomic E-state index is 2.79. The van der Waals surface area contributed by atoms with Crippen LogP contribution in [-0.4, -0.2) is 0 Å². The molecule has 4 saturated carbocycles. The predicted molar refractivity (Wildman–Crippen MR) is 168 cm³/mol. The molecule has 0 aromatic rings. The molecule has 222 valence electrons. The van der Waals surface area contributed by atoms with Crippen molar-refractivity contribution in [3.63, 3.8) is 0 Å². The zero-order valence-electron chi connectivity index (χ0n) is 28.7. The molecule has 38 heavy (non-hydrogen) atoms. The Bertz CT molecular complexity index is 829. The second kappa shape index (κ2) is 10.1. The molecule has 0 nitrogen and oxygen atoms in total. The summed E-state index contributed by atoms with van der Waals surface area (Å²) in [6.45, 7) is 39.4. The van der Waals surface area contributed by atoms with Crippen molar-refractivity contribution < 1.29 is 0 Å². The van der Waals surface area contributed by atoms with Crippen LogP contribution in [-0.2, 0) is 0 Å². The van der Waals surface area contributed by atoms with Gasteiger partial charge in [0.15, 0.2) is 0 Å². The molecule has 0 heterocycles. The largest absolute Gasteiger partial charge is 0.0625 e. The highest BCUT2D eigenvalue weighted by Gasteiger charge is 2.69. The highest BCUT2D eigenvalue weighted by atomic mass is 14.7. The molecule has 14 atom stereocenters. The summed E-state index contributed by atoms with van der Waals surface area (Å²) < 4.78 is 0. The Morgan fingerprint density at radius 3 is 1.92 bits per heavy atom. The molecular weight excluding hydrogens is 456 g/mol. The average molecular weight is 527 g/mol. The van der Waals surface area contributed by atoms with Crippen molar-refractivity contribution in [2.45, 2.75) is 142 Å². The first kappa shape index (κ1) is 30.9. The van der Waals surface area contributed by atoms with Gasteiger partial charge in [0.05, 0.1) is 0 Å². The Morgan fingerprint density at radius 1 is 0.789 bits per heavy atom. The van der Waals surface area contributed by atoms with E-state index >= 15 is 0 Å². The smallest absolute Gasteiger partial charge is 0.0215 e. The highest BCUT2D eigenvalue weighted by Crippen LogP contribution is 2.75. The lowest BCUT2D eigenvalue weighted by Gasteiger charge is -2.73. The third-order valence-corrected chi connectivity index (χ3v) is 15.1. The van der Waals surface area contributed by atoms with E-state index in [-0.39, 0.29) is 0 Å². The fourth-order valence-corrected chi connectivity index (χ4v) is 13.7. The first-order valence-corrected chi connectivity index (χ1v) is 17.3. The second-order valence-electron chi connectivity index (χ2n) is 18.9. The van der Waals surface area contributed by atoms with Crippen molar-refractivity contribution in [2.24, 2.45) is 98.6 Å². The number of hydrogen-bond donors (Lipinski definition) is 0. The van der Waals surface area contributed by atoms with Crippen molar-refractivity contribution in [3.8, 4) is 0 Å². The van der Waals surface area contributed by atoms with Gasteiger partial charge in [0.2, 0.25) is 0 Å². The highest BCUT2D eigenvalue weighted by molar-refractivity contribution is 5.17. The summed E-state index contributed by atoms with van der Waals surface area (Å²) in [7, 11) is 0. The third kappa shape index (κ3) is 4.69. The summed E-state index contributed by atoms with van der Waals surface area (Å²) in [5, 5.41) is 0. The zero-order chi connectivity index (χ0) is 28.7. The molecule has 14 unspecified atom stereocenters. The summed E-state index contributed by atoms with van der Waals surface area (Å²) in [6.07, 6.45) is 8.77. The van der Waals surface area contributed by atoms with Crippen LogP contribution in [0, 0.1) is 98.6 Å². The number of rotatable bonds is 4. The minimum atomic E-state index is 0.445. The van der Waals surface area contributed by atoms with Crippen LogP contribution in [0.25, 0.3) is 0 Å². The van der Waals surface area contributed by atoms with Gasteiger partial charge in [-0.15, -0.1) is 0 Å². The molecule has 0 aromatic carbocycles. The Balaban J connectivity index is 1.73. The number of hydrogen-bond acceptors (Lipinski definition) is 0. The lowest BCUT2D eigenvalue weighted by molar-refractivity contribution is -0.251. The Labute approximate surface area is 240 Å². The standard InChI is InChI=1S/C38H70/c1-22(2)30-18-29(16-17-35(10,11)12)25(6)33-26(7)34-28(9)38(15)27(8)32(23(3)4)24(5)19-37(38,14)21-36(34,13)20-31(30)33/h22-34H,16-21H2,1-15H3. The van der Waals surface area contributed by atoms with Crippen molar-refractivity contribution in [2.75, 3.05) is 0 Å². The molecule has 4 fully saturated rings. The minimum Gasteiger partial charge on any atom is -0.0625 e. The molecule has 0 saturated heterocycles. The summed E-state index contributed by atoms with van der Waals surface area (Å²) in [6, 6.07) is 0. The fourth-order valence-electron chi connectivity index (χ4n) is 13.7. The SMILES string of the molecule is CC(C)C1CC(CCC(C)(C)C)C(C)C2C(C)C3C(C)C4(C)C(C)C(C(C)C)C(C)CC4(C)CC3(C)CC12. The van der Waals surface area contributed by atoms with Crippen LogP contribution < -0.4 is 0 Å². The summed E-state index contributed by atoms with van der Waals surface area (Å²) in [5.41, 5.74) is 1.88. The van der Waals surface area contributed by atoms with Crippen LogP contribution in [0.5, 0.6) is 0 Å². The van der Waals surface area contributed by atoms with E-state index in [1.807, 2.05) is 0 Å². The van der Waals surface area contributed by atoms with E-state index in [1.165, 1.54) is 38.5 Å². The van der Waals surface area contributed by atoms with Gasteiger partial charge in [0.1, 0.15) is 0 Å². The van der Waals surface area contributed by atoms with Crippen LogP contribution >= 0.6 is 0 Å². The molecule has 0 heteroatoms. The van der Waals surface area contributed by atoms with Gasteiger partial charge in [-0.1, -0.05) is 104 Å². The van der Waals surface area contributed by atoms with E-state index < -0.39 is 0 Å². The lowest BCUT2D eigenvalue weighted by Crippen LogP contribution is -2.67. The first-order valence-electron chi connectivity index (χ1n) is 17.3. The maximum Gasteiger partial charge on any atom is -0.0215 e. The summed E-state index contributed by atoms with van der Waals surface area (Å²) in [5.74, 6) is 11.3. The molecule has 0 aromatic heterocycles. The van der Waals surface area contributed by atoms with Crippen molar-refractivity contribution >= 4 is 0 Å². The second-order valence-corrected chi connectivity index (χ2v) is 18.9. The first-order chi connectivity index (χ1) is 17.3. The van der Waals surface area contributed by atoms with Gasteiger partial charge in [0.25, 0.3) is 0 Å². The van der Waals surface area contributed by atoms with Gasteiger partial charge in [-0.25, -0.2) is 0 Å². The average Bonchev–Trinajstić information content (AvgIpc) is 2.74. The molecule has 0 aliphatic heterocycles. The van der Waals surface area contributed by atoms with Gasteiger partial charge in [-0.2, -0.15) is 0 Å². The molecule has 0 amide bonds. The van der Waals surface area contributed by atoms with E-state index in [9.17, 15) is 0 Å². The predicted octanol–water partition coefficient (Wildman–Crippen LogP) is 11.6. The molecule has 0 spiro atoms. The summed E-state index contributed by atoms with van der Waals surface area (Å²) in [4.78, 5) is 0. The molecule has 4 rings (SSSR count). The molecule has 4 aliphatic rings. The normalized spacial score (nSPS) is 53.4. The van der Waals surface area contributed by atoms with Crippen molar-refractivity contribution in [3.05, 3.63) is 0 Å². The van der Waals surface area contributed by atoms with Crippen LogP contribution in [0.2, 0.25) is 0 Å². The van der Waals surface area contributed by atoms with E-state index in [2.05, 4.69) is 104 Å². The molecule has 0 bridgehead atoms. The Morgan fingerprint density at radius 2 is 1.39 bits per heavy atom. The van der Waals surface area contributed by atoms with Crippen molar-refractivity contribution in [1.29, 1.82) is 0 Å². The summed E-state index contributed by atoms with van der Waals surface area (Å²) >= 11 is 0. The quantitative estimate of drug-likeness (QED) is 0.341. The van der Waals surface area contributed by atoms with Gasteiger partial charge in [-0.3, -0.25) is 0 Å². The van der Waals surface area contributed by atoms with Crippen molar-refractivity contribution in [1.82, 2.24) is 0 Å². The van der Waals surface area contributed by atoms with E-state index in [0.29, 0.717) is 21.7 Å². The molecule has 4 aliphatic carbocycles. The van der Waals surface area contributed by atoms with E-state index in [0.717, 1.165) is 76.9 Å². The number of fused-ring (bicyclic) bond motifs is 3. The maximum atomic E-state index is 2.79. The van der Waals surface area contributed by atoms with Crippen LogP contribution in [0.4, 0.5) is 0 Å². The molecule has 0 N–H and O–H groups in total. The Kier molecular flexibility index (Phi) is 8.20. The lowest BCUT2D eigenvalue weighted by atomic mass is 9.31. The molecular formula is C38H70. The van der Waals surface area contributed by atoms with Gasteiger partial charge >= 0.3 is 0 Å². The minimum absolute atomic E-state index is 0.445. The van der Waals surface area contributed by atoms with Crippen LogP contribution in [0.15, 0.2) is 0 Å². The molecule has 0 radical (unpaired) electrons. The van der Waals surface area contributed by atoms with E-state index in [1.54, 1.807) is 0 Å². The van der Waals surface area contributed by atoms with Crippen LogP contribution in [0.1, 0.15) is 142 Å². The topological polar surface area (TPSA) is 0 Å². The fraction of sp³-hybridized carbons (Fsp3) is 1.00. The zero-order valence-corrected chi connectivity index (χ0v) is 28.7.